The molecule has 0 saturated heterocycles. The fourth-order valence-corrected chi connectivity index (χ4v) is 7.90. The first-order chi connectivity index (χ1) is 13.8. The summed E-state index contributed by atoms with van der Waals surface area (Å²) in [6.07, 6.45) is -2.00. The van der Waals surface area contributed by atoms with E-state index < -0.39 is 49.2 Å². The first kappa shape index (κ1) is 24.7. The molecule has 2 N–H and O–H groups in total. The molecular formula is C17H26N2O8S3. The first-order valence-electron chi connectivity index (χ1n) is 9.26. The molecule has 4 atom stereocenters. The first-order valence-corrected chi connectivity index (χ1v) is 13.1. The van der Waals surface area contributed by atoms with Gasteiger partial charge in [0.2, 0.25) is 0 Å². The number of hydrogen-bond donors (Lipinski definition) is 2. The number of ether oxygens (including phenoxy) is 2. The number of sulfone groups is 1. The van der Waals surface area contributed by atoms with Crippen LogP contribution in [0, 0.1) is 0 Å². The number of thiophene rings is 1. The maximum atomic E-state index is 12.7. The van der Waals surface area contributed by atoms with Gasteiger partial charge < -0.3 is 14.8 Å². The highest BCUT2D eigenvalue weighted by molar-refractivity contribution is 7.95. The smallest absolute Gasteiger partial charge is 0.335 e. The van der Waals surface area contributed by atoms with E-state index in [1.165, 1.54) is 27.0 Å². The van der Waals surface area contributed by atoms with Crippen molar-refractivity contribution in [3.8, 4) is 0 Å². The highest BCUT2D eigenvalue weighted by Crippen LogP contribution is 2.42. The van der Waals surface area contributed by atoms with Gasteiger partial charge in [0.15, 0.2) is 22.0 Å². The Morgan fingerprint density at radius 1 is 1.30 bits per heavy atom. The van der Waals surface area contributed by atoms with E-state index in [9.17, 15) is 26.4 Å². The number of nitrogens with one attached hydrogen (secondary N) is 2. The minimum atomic E-state index is -4.36. The average molecular weight is 483 g/mol. The topological polar surface area (TPSA) is 145 Å². The number of fused-ring (bicyclic) bond motifs is 1. The molecule has 1 aliphatic heterocycles. The Kier molecular flexibility index (Phi) is 7.67. The second kappa shape index (κ2) is 9.30. The largest absolute Gasteiger partial charge is 0.451 e. The summed E-state index contributed by atoms with van der Waals surface area (Å²) in [6.45, 7) is 6.66. The zero-order valence-corrected chi connectivity index (χ0v) is 19.7. The van der Waals surface area contributed by atoms with Gasteiger partial charge in [-0.15, -0.1) is 11.3 Å². The standard InChI is InChI=1S/C17H26N2O8S3/c1-6-18-13-7-9(2)29(22,23)17-12(13)8-14(28-17)30(24,25)19-15(20)10(3)27-16(21)11(4)26-5/h8-11,13,18H,6-7H2,1-5H3,(H,19,20)/t9-,10?,11?,13-/m0/s1. The molecule has 13 heteroatoms. The van der Waals surface area contributed by atoms with Gasteiger partial charge in [0.25, 0.3) is 15.9 Å². The SMILES string of the molecule is CCN[C@H]1C[C@H](C)S(=O)(=O)c2sc(S(=O)(=O)NC(=O)C(C)OC(=O)C(C)OC)cc21. The van der Waals surface area contributed by atoms with Crippen molar-refractivity contribution in [1.82, 2.24) is 10.0 Å². The Morgan fingerprint density at radius 3 is 2.50 bits per heavy atom. The van der Waals surface area contributed by atoms with Gasteiger partial charge in [-0.25, -0.2) is 26.4 Å². The number of carbonyl (C=O) groups excluding carboxylic acids is 2. The van der Waals surface area contributed by atoms with Crippen molar-refractivity contribution >= 4 is 43.1 Å². The van der Waals surface area contributed by atoms with E-state index in [1.54, 1.807) is 6.92 Å². The van der Waals surface area contributed by atoms with Gasteiger partial charge in [-0.3, -0.25) is 4.79 Å². The zero-order chi connectivity index (χ0) is 22.9. The number of rotatable bonds is 8. The molecule has 1 amide bonds. The van der Waals surface area contributed by atoms with E-state index in [-0.39, 0.29) is 14.5 Å². The summed E-state index contributed by atoms with van der Waals surface area (Å²) in [5, 5.41) is 2.49. The van der Waals surface area contributed by atoms with Crippen molar-refractivity contribution in [2.24, 2.45) is 0 Å². The van der Waals surface area contributed by atoms with Crippen molar-refractivity contribution in [3.05, 3.63) is 11.6 Å². The van der Waals surface area contributed by atoms with Gasteiger partial charge >= 0.3 is 5.97 Å². The van der Waals surface area contributed by atoms with Crippen molar-refractivity contribution in [1.29, 1.82) is 0 Å². The van der Waals surface area contributed by atoms with Crippen LogP contribution in [0.2, 0.25) is 0 Å². The van der Waals surface area contributed by atoms with Crippen molar-refractivity contribution in [3.63, 3.8) is 0 Å². The van der Waals surface area contributed by atoms with Crippen LogP contribution in [-0.2, 0) is 38.9 Å². The Labute approximate surface area is 180 Å². The van der Waals surface area contributed by atoms with Crippen LogP contribution in [0.5, 0.6) is 0 Å². The van der Waals surface area contributed by atoms with E-state index in [2.05, 4.69) is 5.32 Å². The summed E-state index contributed by atoms with van der Waals surface area (Å²) in [4.78, 5) is 23.9. The fourth-order valence-electron chi connectivity index (χ4n) is 2.86. The van der Waals surface area contributed by atoms with Gasteiger partial charge in [0.05, 0.1) is 5.25 Å². The van der Waals surface area contributed by atoms with Crippen molar-refractivity contribution in [2.45, 2.75) is 66.0 Å². The number of esters is 1. The molecule has 0 bridgehead atoms. The molecule has 1 aromatic heterocycles. The van der Waals surface area contributed by atoms with Crippen LogP contribution < -0.4 is 10.0 Å². The summed E-state index contributed by atoms with van der Waals surface area (Å²) < 4.78 is 61.9. The van der Waals surface area contributed by atoms with Gasteiger partial charge in [-0.05, 0) is 39.8 Å². The summed E-state index contributed by atoms with van der Waals surface area (Å²) in [5.41, 5.74) is 0.376. The second-order valence-electron chi connectivity index (χ2n) is 6.94. The maximum Gasteiger partial charge on any atom is 0.335 e. The van der Waals surface area contributed by atoms with Crippen LogP contribution in [0.4, 0.5) is 0 Å². The summed E-state index contributed by atoms with van der Waals surface area (Å²) in [5.74, 6) is -1.88. The fraction of sp³-hybridized carbons (Fsp3) is 0.647. The summed E-state index contributed by atoms with van der Waals surface area (Å²) in [6, 6.07) is 0.964. The Bertz CT molecular complexity index is 1020. The number of sulfonamides is 1. The van der Waals surface area contributed by atoms with Crippen LogP contribution in [0.1, 0.15) is 45.7 Å². The molecule has 2 heterocycles. The lowest BCUT2D eigenvalue weighted by molar-refractivity contribution is -0.163. The third-order valence-corrected chi connectivity index (χ3v) is 10.4. The second-order valence-corrected chi connectivity index (χ2v) is 12.5. The molecule has 0 aromatic carbocycles. The van der Waals surface area contributed by atoms with Crippen LogP contribution in [0.25, 0.3) is 0 Å². The van der Waals surface area contributed by atoms with E-state index >= 15 is 0 Å². The van der Waals surface area contributed by atoms with E-state index in [0.717, 1.165) is 0 Å². The van der Waals surface area contributed by atoms with Gasteiger partial charge in [-0.2, -0.15) is 0 Å². The molecule has 1 aliphatic rings. The van der Waals surface area contributed by atoms with Crippen LogP contribution in [-0.4, -0.2) is 59.8 Å². The van der Waals surface area contributed by atoms with Gasteiger partial charge in [0.1, 0.15) is 8.42 Å². The predicted octanol–water partition coefficient (Wildman–Crippen LogP) is 0.736. The normalized spacial score (nSPS) is 22.6. The molecule has 170 valence electrons. The summed E-state index contributed by atoms with van der Waals surface area (Å²) in [7, 11) is -6.74. The van der Waals surface area contributed by atoms with Crippen molar-refractivity contribution in [2.75, 3.05) is 13.7 Å². The van der Waals surface area contributed by atoms with Crippen molar-refractivity contribution < 1.29 is 35.9 Å². The Morgan fingerprint density at radius 2 is 1.93 bits per heavy atom. The minimum absolute atomic E-state index is 0.0200. The number of hydrogen-bond acceptors (Lipinski definition) is 10. The predicted molar refractivity (Wildman–Crippen MR) is 109 cm³/mol. The third-order valence-electron chi connectivity index (χ3n) is 4.73. The number of amides is 1. The number of carbonyl (C=O) groups is 2. The van der Waals surface area contributed by atoms with Crippen LogP contribution >= 0.6 is 11.3 Å². The molecule has 0 saturated carbocycles. The lowest BCUT2D eigenvalue weighted by Gasteiger charge is -2.27. The highest BCUT2D eigenvalue weighted by Gasteiger charge is 2.40. The molecule has 1 aromatic rings. The Balaban J connectivity index is 2.28. The monoisotopic (exact) mass is 482 g/mol. The van der Waals surface area contributed by atoms with E-state index in [0.29, 0.717) is 29.9 Å². The molecule has 30 heavy (non-hydrogen) atoms. The average Bonchev–Trinajstić information content (AvgIpc) is 3.13. The molecule has 0 fully saturated rings. The molecule has 10 nitrogen and oxygen atoms in total. The highest BCUT2D eigenvalue weighted by atomic mass is 32.3. The van der Waals surface area contributed by atoms with Gasteiger partial charge in [-0.1, -0.05) is 6.92 Å². The zero-order valence-electron chi connectivity index (χ0n) is 17.3. The maximum absolute atomic E-state index is 12.7. The molecule has 0 aliphatic carbocycles. The Hall–Kier alpha value is -1.54. The summed E-state index contributed by atoms with van der Waals surface area (Å²) >= 11 is 0.600. The molecule has 2 rings (SSSR count). The molecular weight excluding hydrogens is 456 g/mol. The van der Waals surface area contributed by atoms with Crippen LogP contribution in [0.15, 0.2) is 14.5 Å². The third kappa shape index (κ3) is 5.02. The van der Waals surface area contributed by atoms with Crippen LogP contribution in [0.3, 0.4) is 0 Å². The molecule has 0 spiro atoms. The van der Waals surface area contributed by atoms with Gasteiger partial charge in [0, 0.05) is 18.7 Å². The van der Waals surface area contributed by atoms with E-state index in [4.69, 9.17) is 9.47 Å². The quantitative estimate of drug-likeness (QED) is 0.512. The molecule has 0 radical (unpaired) electrons. The minimum Gasteiger partial charge on any atom is -0.451 e. The number of methoxy groups -OCH3 is 1. The molecule has 2 unspecified atom stereocenters. The van der Waals surface area contributed by atoms with E-state index in [1.807, 2.05) is 11.6 Å². The lowest BCUT2D eigenvalue weighted by Crippen LogP contribution is -2.40. The lowest BCUT2D eigenvalue weighted by atomic mass is 10.1.